The topological polar surface area (TPSA) is 52.6 Å². The van der Waals surface area contributed by atoms with Crippen LogP contribution in [0.5, 0.6) is 0 Å². The van der Waals surface area contributed by atoms with Crippen molar-refractivity contribution >= 4 is 11.9 Å². The normalized spacial score (nSPS) is 24.0. The molecule has 1 aliphatic carbocycles. The van der Waals surface area contributed by atoms with Gasteiger partial charge >= 0.3 is 0 Å². The van der Waals surface area contributed by atoms with Crippen LogP contribution >= 0.6 is 0 Å². The van der Waals surface area contributed by atoms with Gasteiger partial charge in [-0.15, -0.1) is 0 Å². The van der Waals surface area contributed by atoms with Crippen LogP contribution in [-0.2, 0) is 4.79 Å². The monoisotopic (exact) mass is 315 g/mol. The first-order chi connectivity index (χ1) is 11.3. The van der Waals surface area contributed by atoms with E-state index in [-0.39, 0.29) is 5.92 Å². The van der Waals surface area contributed by atoms with Crippen LogP contribution in [-0.4, -0.2) is 71.0 Å². The molecular weight excluding hydrogens is 290 g/mol. The Labute approximate surface area is 137 Å². The molecule has 1 amide bonds. The summed E-state index contributed by atoms with van der Waals surface area (Å²) >= 11 is 0. The average molecular weight is 315 g/mol. The molecule has 0 atom stereocenters. The van der Waals surface area contributed by atoms with Crippen LogP contribution in [0.3, 0.4) is 0 Å². The minimum Gasteiger partial charge on any atom is -0.341 e. The highest BCUT2D eigenvalue weighted by atomic mass is 16.2. The van der Waals surface area contributed by atoms with E-state index in [1.165, 1.54) is 12.8 Å². The van der Waals surface area contributed by atoms with Gasteiger partial charge in [0.1, 0.15) is 0 Å². The van der Waals surface area contributed by atoms with E-state index in [1.54, 1.807) is 12.4 Å². The van der Waals surface area contributed by atoms with Crippen molar-refractivity contribution in [2.75, 3.05) is 44.2 Å². The number of hydrogen-bond donors (Lipinski definition) is 0. The largest absolute Gasteiger partial charge is 0.341 e. The van der Waals surface area contributed by atoms with E-state index in [0.717, 1.165) is 64.1 Å². The van der Waals surface area contributed by atoms with Crippen molar-refractivity contribution in [1.82, 2.24) is 19.8 Å². The van der Waals surface area contributed by atoms with Gasteiger partial charge in [0.15, 0.2) is 0 Å². The average Bonchev–Trinajstić information content (AvgIpc) is 3.47. The third kappa shape index (κ3) is 3.32. The van der Waals surface area contributed by atoms with E-state index in [9.17, 15) is 4.79 Å². The highest BCUT2D eigenvalue weighted by Gasteiger charge is 2.34. The zero-order valence-electron chi connectivity index (χ0n) is 13.6. The molecule has 2 saturated heterocycles. The van der Waals surface area contributed by atoms with Crippen molar-refractivity contribution < 1.29 is 4.79 Å². The third-order valence-electron chi connectivity index (χ3n) is 5.37. The first-order valence-corrected chi connectivity index (χ1v) is 8.86. The minimum absolute atomic E-state index is 0.183. The summed E-state index contributed by atoms with van der Waals surface area (Å²) in [6, 6.07) is 2.66. The van der Waals surface area contributed by atoms with Crippen LogP contribution in [0, 0.1) is 5.92 Å². The van der Waals surface area contributed by atoms with Gasteiger partial charge in [0, 0.05) is 63.6 Å². The lowest BCUT2D eigenvalue weighted by atomic mass is 9.95. The standard InChI is InChI=1S/C17H25N5O/c23-16(21-12-10-20(11-13-21)15-2-3-15)14-4-8-22(9-5-14)17-18-6-1-7-19-17/h1,6-7,14-15H,2-5,8-13H2. The molecule has 3 heterocycles. The van der Waals surface area contributed by atoms with E-state index < -0.39 is 0 Å². The molecule has 1 aromatic rings. The van der Waals surface area contributed by atoms with Gasteiger partial charge in [-0.1, -0.05) is 0 Å². The summed E-state index contributed by atoms with van der Waals surface area (Å²) in [5.41, 5.74) is 0. The second-order valence-electron chi connectivity index (χ2n) is 6.90. The molecule has 4 rings (SSSR count). The van der Waals surface area contributed by atoms with Crippen LogP contribution in [0.15, 0.2) is 18.5 Å². The van der Waals surface area contributed by atoms with Crippen molar-refractivity contribution in [2.45, 2.75) is 31.7 Å². The molecule has 1 saturated carbocycles. The van der Waals surface area contributed by atoms with Gasteiger partial charge in [0.05, 0.1) is 0 Å². The molecule has 2 aliphatic heterocycles. The summed E-state index contributed by atoms with van der Waals surface area (Å²) in [7, 11) is 0. The van der Waals surface area contributed by atoms with Gasteiger partial charge in [0.25, 0.3) is 0 Å². The van der Waals surface area contributed by atoms with Crippen molar-refractivity contribution in [3.63, 3.8) is 0 Å². The summed E-state index contributed by atoms with van der Waals surface area (Å²) in [4.78, 5) is 28.2. The minimum atomic E-state index is 0.183. The highest BCUT2D eigenvalue weighted by molar-refractivity contribution is 5.79. The van der Waals surface area contributed by atoms with Crippen LogP contribution in [0.4, 0.5) is 5.95 Å². The maximum atomic E-state index is 12.7. The van der Waals surface area contributed by atoms with Gasteiger partial charge < -0.3 is 9.80 Å². The summed E-state index contributed by atoms with van der Waals surface area (Å²) in [5, 5.41) is 0. The zero-order chi connectivity index (χ0) is 15.6. The first-order valence-electron chi connectivity index (χ1n) is 8.86. The van der Waals surface area contributed by atoms with Crippen molar-refractivity contribution in [2.24, 2.45) is 5.92 Å². The molecule has 6 nitrogen and oxygen atoms in total. The Bertz CT molecular complexity index is 531. The van der Waals surface area contributed by atoms with E-state index >= 15 is 0 Å². The van der Waals surface area contributed by atoms with E-state index in [1.807, 2.05) is 6.07 Å². The van der Waals surface area contributed by atoms with Gasteiger partial charge in [-0.2, -0.15) is 0 Å². The molecule has 124 valence electrons. The Morgan fingerprint density at radius 3 is 2.17 bits per heavy atom. The number of amides is 1. The summed E-state index contributed by atoms with van der Waals surface area (Å²) in [5.74, 6) is 1.34. The Kier molecular flexibility index (Phi) is 4.16. The Balaban J connectivity index is 1.27. The highest BCUT2D eigenvalue weighted by Crippen LogP contribution is 2.28. The number of hydrogen-bond acceptors (Lipinski definition) is 5. The Morgan fingerprint density at radius 1 is 0.913 bits per heavy atom. The number of carbonyl (C=O) groups excluding carboxylic acids is 1. The molecule has 3 aliphatic rings. The number of anilines is 1. The predicted octanol–water partition coefficient (Wildman–Crippen LogP) is 1.000. The summed E-state index contributed by atoms with van der Waals surface area (Å²) in [6.45, 7) is 5.71. The number of aromatic nitrogens is 2. The van der Waals surface area contributed by atoms with E-state index in [2.05, 4.69) is 24.7 Å². The van der Waals surface area contributed by atoms with Gasteiger partial charge in [-0.3, -0.25) is 9.69 Å². The first kappa shape index (κ1) is 14.9. The lowest BCUT2D eigenvalue weighted by Crippen LogP contribution is -2.52. The van der Waals surface area contributed by atoms with Crippen LogP contribution in [0.1, 0.15) is 25.7 Å². The number of carbonyl (C=O) groups is 1. The van der Waals surface area contributed by atoms with Crippen LogP contribution in [0.25, 0.3) is 0 Å². The molecule has 0 aromatic carbocycles. The third-order valence-corrected chi connectivity index (χ3v) is 5.37. The van der Waals surface area contributed by atoms with Crippen LogP contribution in [0.2, 0.25) is 0 Å². The fraction of sp³-hybridized carbons (Fsp3) is 0.706. The molecular formula is C17H25N5O. The molecule has 23 heavy (non-hydrogen) atoms. The number of nitrogens with zero attached hydrogens (tertiary/aromatic N) is 5. The van der Waals surface area contributed by atoms with E-state index in [4.69, 9.17) is 0 Å². The maximum Gasteiger partial charge on any atom is 0.225 e. The van der Waals surface area contributed by atoms with Crippen molar-refractivity contribution in [3.8, 4) is 0 Å². The lowest BCUT2D eigenvalue weighted by molar-refractivity contribution is -0.138. The van der Waals surface area contributed by atoms with Gasteiger partial charge in [-0.25, -0.2) is 9.97 Å². The fourth-order valence-electron chi connectivity index (χ4n) is 3.79. The number of piperidine rings is 1. The SMILES string of the molecule is O=C(C1CCN(c2ncccn2)CC1)N1CCN(C2CC2)CC1. The predicted molar refractivity (Wildman–Crippen MR) is 88.1 cm³/mol. The molecule has 0 spiro atoms. The quantitative estimate of drug-likeness (QED) is 0.833. The Hall–Kier alpha value is -1.69. The summed E-state index contributed by atoms with van der Waals surface area (Å²) in [6.07, 6.45) is 8.10. The molecule has 0 N–H and O–H groups in total. The number of piperazine rings is 1. The number of rotatable bonds is 3. The van der Waals surface area contributed by atoms with Gasteiger partial charge in [-0.05, 0) is 31.7 Å². The van der Waals surface area contributed by atoms with Crippen molar-refractivity contribution in [1.29, 1.82) is 0 Å². The van der Waals surface area contributed by atoms with E-state index in [0.29, 0.717) is 5.91 Å². The maximum absolute atomic E-state index is 12.7. The molecule has 0 radical (unpaired) electrons. The molecule has 0 unspecified atom stereocenters. The van der Waals surface area contributed by atoms with Crippen LogP contribution < -0.4 is 4.90 Å². The zero-order valence-corrected chi connectivity index (χ0v) is 13.6. The second kappa shape index (κ2) is 6.43. The van der Waals surface area contributed by atoms with Gasteiger partial charge in [0.2, 0.25) is 11.9 Å². The fourth-order valence-corrected chi connectivity index (χ4v) is 3.79. The van der Waals surface area contributed by atoms with Crippen molar-refractivity contribution in [3.05, 3.63) is 18.5 Å². The lowest BCUT2D eigenvalue weighted by Gasteiger charge is -2.38. The summed E-state index contributed by atoms with van der Waals surface area (Å²) < 4.78 is 0. The molecule has 6 heteroatoms. The molecule has 3 fully saturated rings. The second-order valence-corrected chi connectivity index (χ2v) is 6.90. The Morgan fingerprint density at radius 2 is 1.57 bits per heavy atom. The molecule has 1 aromatic heterocycles. The smallest absolute Gasteiger partial charge is 0.225 e. The molecule has 0 bridgehead atoms.